The molecule has 0 unspecified atom stereocenters. The summed E-state index contributed by atoms with van der Waals surface area (Å²) < 4.78 is 0. The highest BCUT2D eigenvalue weighted by molar-refractivity contribution is 7.15. The molecule has 2 aromatic rings. The molecule has 2 rings (SSSR count). The van der Waals surface area contributed by atoms with Crippen molar-refractivity contribution in [3.05, 3.63) is 40.9 Å². The van der Waals surface area contributed by atoms with Gasteiger partial charge in [-0.1, -0.05) is 26.0 Å². The van der Waals surface area contributed by atoms with E-state index in [1.165, 1.54) is 16.2 Å². The van der Waals surface area contributed by atoms with Gasteiger partial charge in [-0.05, 0) is 23.6 Å². The predicted octanol–water partition coefficient (Wildman–Crippen LogP) is 3.45. The molecule has 0 saturated carbocycles. The lowest BCUT2D eigenvalue weighted by Gasteiger charge is -2.02. The van der Waals surface area contributed by atoms with E-state index in [2.05, 4.69) is 24.1 Å². The Balaban J connectivity index is 0.00000200. The second-order valence-electron chi connectivity index (χ2n) is 4.69. The van der Waals surface area contributed by atoms with Gasteiger partial charge in [0.1, 0.15) is 0 Å². The Labute approximate surface area is 128 Å². The van der Waals surface area contributed by atoms with Crippen LogP contribution in [-0.2, 0) is 11.2 Å². The first kappa shape index (κ1) is 16.5. The number of halogens is 1. The molecule has 0 aliphatic heterocycles. The highest BCUT2D eigenvalue weighted by Crippen LogP contribution is 2.25. The fourth-order valence-corrected chi connectivity index (χ4v) is 2.43. The van der Waals surface area contributed by atoms with Crippen molar-refractivity contribution in [2.75, 3.05) is 11.1 Å². The van der Waals surface area contributed by atoms with Crippen LogP contribution in [0.25, 0.3) is 0 Å². The van der Waals surface area contributed by atoms with Crippen LogP contribution in [0.3, 0.4) is 0 Å². The largest absolute Gasteiger partial charge is 0.399 e. The molecule has 3 N–H and O–H groups in total. The number of thiazole rings is 1. The van der Waals surface area contributed by atoms with Crippen molar-refractivity contribution in [1.29, 1.82) is 0 Å². The SMILES string of the molecule is CC(C)c1cnc(NC(=O)Cc2ccc(N)cc2)s1.Cl. The van der Waals surface area contributed by atoms with Crippen LogP contribution in [-0.4, -0.2) is 10.9 Å². The number of anilines is 2. The molecule has 4 nitrogen and oxygen atoms in total. The lowest BCUT2D eigenvalue weighted by atomic mass is 10.1. The van der Waals surface area contributed by atoms with Crippen molar-refractivity contribution in [1.82, 2.24) is 4.98 Å². The second kappa shape index (κ2) is 7.26. The van der Waals surface area contributed by atoms with Crippen LogP contribution in [0.5, 0.6) is 0 Å². The van der Waals surface area contributed by atoms with Gasteiger partial charge >= 0.3 is 0 Å². The van der Waals surface area contributed by atoms with Crippen molar-refractivity contribution in [2.24, 2.45) is 0 Å². The molecule has 0 aliphatic rings. The average molecular weight is 312 g/mol. The fraction of sp³-hybridized carbons (Fsp3) is 0.286. The molecule has 1 amide bonds. The molecular formula is C14H18ClN3OS. The highest BCUT2D eigenvalue weighted by atomic mass is 35.5. The maximum absolute atomic E-state index is 11.9. The summed E-state index contributed by atoms with van der Waals surface area (Å²) in [5, 5.41) is 3.47. The van der Waals surface area contributed by atoms with E-state index in [9.17, 15) is 4.79 Å². The Hall–Kier alpha value is -1.59. The molecule has 0 radical (unpaired) electrons. The maximum atomic E-state index is 11.9. The van der Waals surface area contributed by atoms with E-state index in [4.69, 9.17) is 5.73 Å². The van der Waals surface area contributed by atoms with Gasteiger partial charge in [-0.15, -0.1) is 23.7 Å². The quantitative estimate of drug-likeness (QED) is 0.850. The van der Waals surface area contributed by atoms with Gasteiger partial charge in [0.25, 0.3) is 0 Å². The van der Waals surface area contributed by atoms with Crippen LogP contribution < -0.4 is 11.1 Å². The van der Waals surface area contributed by atoms with Crippen LogP contribution in [0.1, 0.15) is 30.2 Å². The number of nitrogens with zero attached hydrogens (tertiary/aromatic N) is 1. The molecule has 1 aromatic carbocycles. The summed E-state index contributed by atoms with van der Waals surface area (Å²) in [5.74, 6) is 0.370. The summed E-state index contributed by atoms with van der Waals surface area (Å²) >= 11 is 1.52. The normalized spacial score (nSPS) is 10.2. The van der Waals surface area contributed by atoms with Crippen LogP contribution in [0.15, 0.2) is 30.5 Å². The minimum absolute atomic E-state index is 0. The van der Waals surface area contributed by atoms with Gasteiger partial charge in [0, 0.05) is 16.8 Å². The van der Waals surface area contributed by atoms with Crippen molar-refractivity contribution in [3.63, 3.8) is 0 Å². The van der Waals surface area contributed by atoms with Gasteiger partial charge in [0.15, 0.2) is 5.13 Å². The van der Waals surface area contributed by atoms with E-state index >= 15 is 0 Å². The summed E-state index contributed by atoms with van der Waals surface area (Å²) in [6.45, 7) is 4.21. The van der Waals surface area contributed by atoms with Crippen LogP contribution in [0.4, 0.5) is 10.8 Å². The van der Waals surface area contributed by atoms with E-state index < -0.39 is 0 Å². The molecular weight excluding hydrogens is 294 g/mol. The van der Waals surface area contributed by atoms with E-state index in [0.29, 0.717) is 23.2 Å². The molecule has 0 fully saturated rings. The van der Waals surface area contributed by atoms with Crippen LogP contribution in [0.2, 0.25) is 0 Å². The molecule has 0 saturated heterocycles. The first-order valence-corrected chi connectivity index (χ1v) is 6.96. The average Bonchev–Trinajstić information content (AvgIpc) is 2.80. The second-order valence-corrected chi connectivity index (χ2v) is 5.75. The monoisotopic (exact) mass is 311 g/mol. The molecule has 0 spiro atoms. The zero-order valence-electron chi connectivity index (χ0n) is 11.4. The van der Waals surface area contributed by atoms with Gasteiger partial charge in [0.05, 0.1) is 6.42 Å². The summed E-state index contributed by atoms with van der Waals surface area (Å²) in [6.07, 6.45) is 2.14. The smallest absolute Gasteiger partial charge is 0.230 e. The van der Waals surface area contributed by atoms with Crippen LogP contribution >= 0.6 is 23.7 Å². The maximum Gasteiger partial charge on any atom is 0.230 e. The number of hydrogen-bond acceptors (Lipinski definition) is 4. The topological polar surface area (TPSA) is 68.0 Å². The van der Waals surface area contributed by atoms with Crippen molar-refractivity contribution < 1.29 is 4.79 Å². The molecule has 6 heteroatoms. The van der Waals surface area contributed by atoms with Crippen molar-refractivity contribution >= 4 is 40.5 Å². The van der Waals surface area contributed by atoms with Gasteiger partial charge < -0.3 is 11.1 Å². The summed E-state index contributed by atoms with van der Waals surface area (Å²) in [4.78, 5) is 17.2. The zero-order chi connectivity index (χ0) is 13.8. The number of aromatic nitrogens is 1. The highest BCUT2D eigenvalue weighted by Gasteiger charge is 2.09. The van der Waals surface area contributed by atoms with E-state index in [1.54, 1.807) is 12.1 Å². The molecule has 20 heavy (non-hydrogen) atoms. The number of nitrogens with one attached hydrogen (secondary N) is 1. The summed E-state index contributed by atoms with van der Waals surface area (Å²) in [6, 6.07) is 7.30. The first-order valence-electron chi connectivity index (χ1n) is 6.14. The molecule has 0 aliphatic carbocycles. The Morgan fingerprint density at radius 2 is 2.00 bits per heavy atom. The lowest BCUT2D eigenvalue weighted by Crippen LogP contribution is -2.14. The number of amides is 1. The number of hydrogen-bond donors (Lipinski definition) is 2. The zero-order valence-corrected chi connectivity index (χ0v) is 13.1. The van der Waals surface area contributed by atoms with Gasteiger partial charge in [-0.2, -0.15) is 0 Å². The van der Waals surface area contributed by atoms with E-state index in [1.807, 2.05) is 18.3 Å². The summed E-state index contributed by atoms with van der Waals surface area (Å²) in [7, 11) is 0. The standard InChI is InChI=1S/C14H17N3OS.ClH/c1-9(2)12-8-16-14(19-12)17-13(18)7-10-3-5-11(15)6-4-10;/h3-6,8-9H,7,15H2,1-2H3,(H,16,17,18);1H. The minimum atomic E-state index is -0.0607. The Morgan fingerprint density at radius 1 is 1.35 bits per heavy atom. The molecule has 1 heterocycles. The minimum Gasteiger partial charge on any atom is -0.399 e. The Morgan fingerprint density at radius 3 is 2.55 bits per heavy atom. The van der Waals surface area contributed by atoms with Gasteiger partial charge in [-0.3, -0.25) is 4.79 Å². The molecule has 0 bridgehead atoms. The van der Waals surface area contributed by atoms with Crippen LogP contribution in [0, 0.1) is 0 Å². The van der Waals surface area contributed by atoms with Gasteiger partial charge in [0.2, 0.25) is 5.91 Å². The van der Waals surface area contributed by atoms with Crippen molar-refractivity contribution in [2.45, 2.75) is 26.2 Å². The van der Waals surface area contributed by atoms with Crippen molar-refractivity contribution in [3.8, 4) is 0 Å². The molecule has 0 atom stereocenters. The predicted molar refractivity (Wildman–Crippen MR) is 86.6 cm³/mol. The summed E-state index contributed by atoms with van der Waals surface area (Å²) in [5.41, 5.74) is 7.24. The fourth-order valence-electron chi connectivity index (χ4n) is 1.60. The Bertz CT molecular complexity index is 566. The van der Waals surface area contributed by atoms with E-state index in [0.717, 1.165) is 5.56 Å². The molecule has 108 valence electrons. The number of nitrogens with two attached hydrogens (primary N) is 1. The first-order chi connectivity index (χ1) is 9.04. The number of carbonyl (C=O) groups excluding carboxylic acids is 1. The molecule has 1 aromatic heterocycles. The third-order valence-corrected chi connectivity index (χ3v) is 3.90. The number of nitrogen functional groups attached to an aromatic ring is 1. The Kier molecular flexibility index (Phi) is 5.98. The van der Waals surface area contributed by atoms with E-state index in [-0.39, 0.29) is 18.3 Å². The van der Waals surface area contributed by atoms with Gasteiger partial charge in [-0.25, -0.2) is 4.98 Å². The number of benzene rings is 1. The lowest BCUT2D eigenvalue weighted by molar-refractivity contribution is -0.115. The number of carbonyl (C=O) groups is 1. The third kappa shape index (κ3) is 4.51. The number of rotatable bonds is 4. The third-order valence-electron chi connectivity index (χ3n) is 2.68.